The maximum atomic E-state index is 4.54. The zero-order chi connectivity index (χ0) is 13.9. The van der Waals surface area contributed by atoms with E-state index >= 15 is 0 Å². The van der Waals surface area contributed by atoms with E-state index in [0.29, 0.717) is 0 Å². The number of pyridine rings is 1. The predicted octanol–water partition coefficient (Wildman–Crippen LogP) is 1.82. The van der Waals surface area contributed by atoms with Crippen molar-refractivity contribution in [2.24, 2.45) is 0 Å². The summed E-state index contributed by atoms with van der Waals surface area (Å²) in [6.45, 7) is 7.83. The summed E-state index contributed by atoms with van der Waals surface area (Å²) < 4.78 is 0. The van der Waals surface area contributed by atoms with Crippen molar-refractivity contribution in [2.75, 3.05) is 36.0 Å². The van der Waals surface area contributed by atoms with Crippen LogP contribution < -0.4 is 9.80 Å². The van der Waals surface area contributed by atoms with Crippen molar-refractivity contribution < 1.29 is 0 Å². The Bertz CT molecular complexity index is 556. The van der Waals surface area contributed by atoms with E-state index in [1.807, 2.05) is 32.2 Å². The van der Waals surface area contributed by atoms with E-state index in [9.17, 15) is 0 Å². The first-order chi connectivity index (χ1) is 9.72. The highest BCUT2D eigenvalue weighted by molar-refractivity contribution is 5.45. The maximum absolute atomic E-state index is 4.54. The molecule has 1 saturated heterocycles. The summed E-state index contributed by atoms with van der Waals surface area (Å²) in [4.78, 5) is 17.9. The number of aryl methyl sites for hydroxylation is 2. The summed E-state index contributed by atoms with van der Waals surface area (Å²) in [6, 6.07) is 8.11. The van der Waals surface area contributed by atoms with E-state index < -0.39 is 0 Å². The molecular weight excluding hydrogens is 250 g/mol. The molecule has 3 rings (SSSR count). The van der Waals surface area contributed by atoms with E-state index in [0.717, 1.165) is 49.3 Å². The highest BCUT2D eigenvalue weighted by Crippen LogP contribution is 2.17. The molecule has 104 valence electrons. The average Bonchev–Trinajstić information content (AvgIpc) is 2.47. The molecule has 3 heterocycles. The number of anilines is 2. The highest BCUT2D eigenvalue weighted by atomic mass is 15.3. The van der Waals surface area contributed by atoms with Crippen LogP contribution in [0.1, 0.15) is 11.5 Å². The third-order valence-electron chi connectivity index (χ3n) is 3.53. The molecule has 0 amide bonds. The summed E-state index contributed by atoms with van der Waals surface area (Å²) in [6.07, 6.45) is 1.85. The maximum Gasteiger partial charge on any atom is 0.132 e. The molecule has 5 nitrogen and oxygen atoms in total. The molecule has 1 aliphatic rings. The molecule has 0 unspecified atom stereocenters. The van der Waals surface area contributed by atoms with Gasteiger partial charge in [0, 0.05) is 44.1 Å². The zero-order valence-corrected chi connectivity index (χ0v) is 12.0. The van der Waals surface area contributed by atoms with Gasteiger partial charge in [-0.2, -0.15) is 0 Å². The quantitative estimate of drug-likeness (QED) is 0.832. The summed E-state index contributed by atoms with van der Waals surface area (Å²) >= 11 is 0. The predicted molar refractivity (Wildman–Crippen MR) is 80.2 cm³/mol. The largest absolute Gasteiger partial charge is 0.353 e. The van der Waals surface area contributed by atoms with Crippen LogP contribution in [-0.2, 0) is 0 Å². The monoisotopic (exact) mass is 269 g/mol. The molecule has 1 fully saturated rings. The van der Waals surface area contributed by atoms with Crippen molar-refractivity contribution >= 4 is 11.6 Å². The third kappa shape index (κ3) is 2.71. The van der Waals surface area contributed by atoms with Crippen LogP contribution in [0.3, 0.4) is 0 Å². The Kier molecular flexibility index (Phi) is 3.50. The molecule has 20 heavy (non-hydrogen) atoms. The van der Waals surface area contributed by atoms with Crippen LogP contribution in [0.5, 0.6) is 0 Å². The normalized spacial score (nSPS) is 15.5. The molecule has 0 bridgehead atoms. The van der Waals surface area contributed by atoms with Gasteiger partial charge < -0.3 is 9.80 Å². The Morgan fingerprint density at radius 1 is 0.900 bits per heavy atom. The smallest absolute Gasteiger partial charge is 0.132 e. The van der Waals surface area contributed by atoms with Gasteiger partial charge in [0.1, 0.15) is 17.5 Å². The van der Waals surface area contributed by atoms with Gasteiger partial charge in [-0.05, 0) is 26.0 Å². The minimum Gasteiger partial charge on any atom is -0.353 e. The first kappa shape index (κ1) is 12.8. The molecule has 0 spiro atoms. The SMILES string of the molecule is Cc1cc(N2CCN(c3ccccn3)CC2)nc(C)n1. The summed E-state index contributed by atoms with van der Waals surface area (Å²) in [7, 11) is 0. The van der Waals surface area contributed by atoms with Gasteiger partial charge in [0.05, 0.1) is 0 Å². The highest BCUT2D eigenvalue weighted by Gasteiger charge is 2.19. The topological polar surface area (TPSA) is 45.2 Å². The first-order valence-corrected chi connectivity index (χ1v) is 6.95. The fourth-order valence-electron chi connectivity index (χ4n) is 2.56. The Labute approximate surface area is 119 Å². The second-order valence-electron chi connectivity index (χ2n) is 5.08. The second-order valence-corrected chi connectivity index (χ2v) is 5.08. The van der Waals surface area contributed by atoms with Gasteiger partial charge in [0.15, 0.2) is 0 Å². The lowest BCUT2D eigenvalue weighted by molar-refractivity contribution is 0.639. The Morgan fingerprint density at radius 2 is 1.60 bits per heavy atom. The Morgan fingerprint density at radius 3 is 2.20 bits per heavy atom. The standard InChI is InChI=1S/C15H19N5/c1-12-11-15(18-13(2)17-12)20-9-7-19(8-10-20)14-5-3-4-6-16-14/h3-6,11H,7-10H2,1-2H3. The minimum atomic E-state index is 0.840. The summed E-state index contributed by atoms with van der Waals surface area (Å²) in [5.74, 6) is 2.94. The van der Waals surface area contributed by atoms with Crippen LogP contribution in [0.2, 0.25) is 0 Å². The minimum absolute atomic E-state index is 0.840. The molecule has 1 aliphatic heterocycles. The third-order valence-corrected chi connectivity index (χ3v) is 3.53. The van der Waals surface area contributed by atoms with Crippen LogP contribution in [0, 0.1) is 13.8 Å². The Hall–Kier alpha value is -2.17. The number of hydrogen-bond donors (Lipinski definition) is 0. The molecule has 2 aromatic heterocycles. The average molecular weight is 269 g/mol. The molecule has 0 saturated carbocycles. The fourth-order valence-corrected chi connectivity index (χ4v) is 2.56. The van der Waals surface area contributed by atoms with Gasteiger partial charge in [-0.15, -0.1) is 0 Å². The van der Waals surface area contributed by atoms with Crippen LogP contribution in [0.4, 0.5) is 11.6 Å². The van der Waals surface area contributed by atoms with Gasteiger partial charge in [0.25, 0.3) is 0 Å². The van der Waals surface area contributed by atoms with Crippen LogP contribution in [-0.4, -0.2) is 41.1 Å². The second kappa shape index (κ2) is 5.45. The van der Waals surface area contributed by atoms with Crippen molar-refractivity contribution in [1.82, 2.24) is 15.0 Å². The molecule has 5 heteroatoms. The van der Waals surface area contributed by atoms with E-state index in [-0.39, 0.29) is 0 Å². The Balaban J connectivity index is 1.69. The first-order valence-electron chi connectivity index (χ1n) is 6.95. The number of rotatable bonds is 2. The molecule has 0 aromatic carbocycles. The van der Waals surface area contributed by atoms with Crippen molar-refractivity contribution in [2.45, 2.75) is 13.8 Å². The van der Waals surface area contributed by atoms with Crippen molar-refractivity contribution in [1.29, 1.82) is 0 Å². The molecule has 0 atom stereocenters. The van der Waals surface area contributed by atoms with E-state index in [4.69, 9.17) is 0 Å². The number of aromatic nitrogens is 3. The van der Waals surface area contributed by atoms with Crippen LogP contribution in [0.15, 0.2) is 30.5 Å². The fraction of sp³-hybridized carbons (Fsp3) is 0.400. The molecular formula is C15H19N5. The van der Waals surface area contributed by atoms with Gasteiger partial charge in [-0.1, -0.05) is 6.07 Å². The number of hydrogen-bond acceptors (Lipinski definition) is 5. The molecule has 0 aliphatic carbocycles. The lowest BCUT2D eigenvalue weighted by Gasteiger charge is -2.36. The van der Waals surface area contributed by atoms with Crippen LogP contribution >= 0.6 is 0 Å². The van der Waals surface area contributed by atoms with E-state index in [1.54, 1.807) is 0 Å². The zero-order valence-electron chi connectivity index (χ0n) is 12.0. The summed E-state index contributed by atoms with van der Waals surface area (Å²) in [5, 5.41) is 0. The molecule has 2 aromatic rings. The summed E-state index contributed by atoms with van der Waals surface area (Å²) in [5.41, 5.74) is 1.03. The van der Waals surface area contributed by atoms with Crippen molar-refractivity contribution in [3.05, 3.63) is 42.0 Å². The van der Waals surface area contributed by atoms with Crippen molar-refractivity contribution in [3.63, 3.8) is 0 Å². The molecule has 0 radical (unpaired) electrons. The van der Waals surface area contributed by atoms with E-state index in [1.165, 1.54) is 0 Å². The van der Waals surface area contributed by atoms with E-state index in [2.05, 4.69) is 36.9 Å². The van der Waals surface area contributed by atoms with Gasteiger partial charge in [-0.3, -0.25) is 0 Å². The van der Waals surface area contributed by atoms with Crippen molar-refractivity contribution in [3.8, 4) is 0 Å². The van der Waals surface area contributed by atoms with Gasteiger partial charge in [-0.25, -0.2) is 15.0 Å². The molecule has 0 N–H and O–H groups in total. The lowest BCUT2D eigenvalue weighted by Crippen LogP contribution is -2.47. The number of nitrogens with zero attached hydrogens (tertiary/aromatic N) is 5. The number of piperazine rings is 1. The van der Waals surface area contributed by atoms with Gasteiger partial charge in [0.2, 0.25) is 0 Å². The van der Waals surface area contributed by atoms with Gasteiger partial charge >= 0.3 is 0 Å². The lowest BCUT2D eigenvalue weighted by atomic mass is 10.3. The van der Waals surface area contributed by atoms with Crippen LogP contribution in [0.25, 0.3) is 0 Å².